The van der Waals surface area contributed by atoms with E-state index in [1.165, 1.54) is 13.0 Å². The number of benzene rings is 1. The molecule has 0 aromatic heterocycles. The molecule has 1 rings (SSSR count). The van der Waals surface area contributed by atoms with Crippen molar-refractivity contribution in [3.8, 4) is 0 Å². The molecule has 7 N–H and O–H groups in total. The molecule has 0 heterocycles. The molecule has 0 saturated heterocycles. The second-order valence-electron chi connectivity index (χ2n) is 10.3. The summed E-state index contributed by atoms with van der Waals surface area (Å²) >= 11 is 0. The van der Waals surface area contributed by atoms with E-state index in [0.29, 0.717) is 18.4 Å². The Balaban J connectivity index is 3.05. The van der Waals surface area contributed by atoms with Gasteiger partial charge in [0, 0.05) is 6.42 Å². The lowest BCUT2D eigenvalue weighted by Gasteiger charge is -2.32. The van der Waals surface area contributed by atoms with E-state index in [1.54, 1.807) is 31.2 Å². The first-order valence-electron chi connectivity index (χ1n) is 13.1. The maximum absolute atomic E-state index is 12.7. The predicted octanol–water partition coefficient (Wildman–Crippen LogP) is 0.788. The summed E-state index contributed by atoms with van der Waals surface area (Å²) in [5, 5.41) is 70.0. The van der Waals surface area contributed by atoms with Crippen LogP contribution in [-0.4, -0.2) is 104 Å². The number of carbonyl (C=O) groups is 1. The molecule has 222 valence electrons. The summed E-state index contributed by atoms with van der Waals surface area (Å²) in [4.78, 5) is 12.7. The molecule has 0 fully saturated rings. The van der Waals surface area contributed by atoms with Crippen molar-refractivity contribution >= 4 is 5.97 Å². The molecule has 39 heavy (non-hydrogen) atoms. The predicted molar refractivity (Wildman–Crippen MR) is 146 cm³/mol. The number of aliphatic hydroxyl groups excluding tert-OH is 6. The van der Waals surface area contributed by atoms with Crippen molar-refractivity contribution in [1.29, 1.82) is 0 Å². The second kappa shape index (κ2) is 17.5. The molecule has 10 nitrogen and oxygen atoms in total. The van der Waals surface area contributed by atoms with E-state index in [4.69, 9.17) is 14.6 Å². The van der Waals surface area contributed by atoms with Gasteiger partial charge in [0.25, 0.3) is 0 Å². The molecule has 0 amide bonds. The van der Waals surface area contributed by atoms with Crippen LogP contribution < -0.4 is 0 Å². The Hall–Kier alpha value is -2.15. The third-order valence-electron chi connectivity index (χ3n) is 6.51. The molecule has 0 bridgehead atoms. The van der Waals surface area contributed by atoms with Crippen LogP contribution in [-0.2, 0) is 20.7 Å². The molecule has 0 aliphatic heterocycles. The minimum absolute atomic E-state index is 0.00415. The van der Waals surface area contributed by atoms with Gasteiger partial charge in [0.2, 0.25) is 0 Å². The summed E-state index contributed by atoms with van der Waals surface area (Å²) in [5.41, 5.74) is 0.865. The lowest BCUT2D eigenvalue weighted by Crippen LogP contribution is -2.48. The zero-order chi connectivity index (χ0) is 29.6. The third kappa shape index (κ3) is 12.7. The van der Waals surface area contributed by atoms with E-state index in [9.17, 15) is 35.4 Å². The van der Waals surface area contributed by atoms with E-state index in [2.05, 4.69) is 0 Å². The lowest BCUT2D eigenvalue weighted by atomic mass is 9.88. The largest absolute Gasteiger partial charge is 0.457 e. The van der Waals surface area contributed by atoms with Crippen LogP contribution in [0.2, 0.25) is 0 Å². The maximum Gasteiger partial charge on any atom is 0.310 e. The highest BCUT2D eigenvalue weighted by Crippen LogP contribution is 2.25. The monoisotopic (exact) mass is 554 g/mol. The van der Waals surface area contributed by atoms with E-state index >= 15 is 0 Å². The third-order valence-corrected chi connectivity index (χ3v) is 6.51. The molecule has 1 aromatic rings. The molecule has 0 aliphatic rings. The van der Waals surface area contributed by atoms with Gasteiger partial charge in [-0.2, -0.15) is 0 Å². The Labute approximate surface area is 230 Å². The van der Waals surface area contributed by atoms with Crippen molar-refractivity contribution in [1.82, 2.24) is 0 Å². The van der Waals surface area contributed by atoms with Gasteiger partial charge in [0.05, 0.1) is 37.9 Å². The fourth-order valence-corrected chi connectivity index (χ4v) is 3.86. The molecule has 1 aromatic carbocycles. The SMILES string of the molecule is CC(C)=CCC[C@](C)(O)[C@H](O)C[C@@H](OC(=O)Cc1ccccc1)/C(C)=C/CO[C@@H]([C@H](O)[C@H](O)CO)[C@H](O)CO. The number of hydrogen-bond acceptors (Lipinski definition) is 10. The van der Waals surface area contributed by atoms with Crippen LogP contribution in [0.5, 0.6) is 0 Å². The highest BCUT2D eigenvalue weighted by molar-refractivity contribution is 5.73. The summed E-state index contributed by atoms with van der Waals surface area (Å²) in [5.74, 6) is -0.536. The van der Waals surface area contributed by atoms with Gasteiger partial charge in [-0.05, 0) is 51.7 Å². The van der Waals surface area contributed by atoms with Crippen LogP contribution in [0.3, 0.4) is 0 Å². The van der Waals surface area contributed by atoms with Crippen molar-refractivity contribution in [3.63, 3.8) is 0 Å². The Bertz CT molecular complexity index is 895. The number of carbonyl (C=O) groups excluding carboxylic acids is 1. The van der Waals surface area contributed by atoms with Gasteiger partial charge in [-0.3, -0.25) is 4.79 Å². The minimum atomic E-state index is -1.68. The number of ether oxygens (including phenoxy) is 2. The van der Waals surface area contributed by atoms with Crippen molar-refractivity contribution in [2.24, 2.45) is 0 Å². The summed E-state index contributed by atoms with van der Waals surface area (Å²) in [7, 11) is 0. The molecule has 0 unspecified atom stereocenters. The number of esters is 1. The molecule has 0 aliphatic carbocycles. The maximum atomic E-state index is 12.7. The fourth-order valence-electron chi connectivity index (χ4n) is 3.86. The molecule has 0 radical (unpaired) electrons. The molecule has 0 spiro atoms. The fraction of sp³-hybridized carbons (Fsp3) is 0.621. The minimum Gasteiger partial charge on any atom is -0.457 e. The first-order chi connectivity index (χ1) is 18.3. The quantitative estimate of drug-likeness (QED) is 0.101. The van der Waals surface area contributed by atoms with Gasteiger partial charge in [-0.15, -0.1) is 0 Å². The molecule has 0 saturated carbocycles. The topological polar surface area (TPSA) is 177 Å². The molecular weight excluding hydrogens is 508 g/mol. The van der Waals surface area contributed by atoms with Crippen molar-refractivity contribution in [2.45, 2.75) is 95.6 Å². The van der Waals surface area contributed by atoms with Crippen LogP contribution in [0.25, 0.3) is 0 Å². The molecule has 7 atom stereocenters. The normalized spacial score (nSPS) is 18.3. The Morgan fingerprint density at radius 1 is 0.974 bits per heavy atom. The summed E-state index contributed by atoms with van der Waals surface area (Å²) < 4.78 is 11.2. The zero-order valence-electron chi connectivity index (χ0n) is 23.3. The highest BCUT2D eigenvalue weighted by Gasteiger charge is 2.34. The van der Waals surface area contributed by atoms with Crippen molar-refractivity contribution in [3.05, 3.63) is 59.2 Å². The van der Waals surface area contributed by atoms with E-state index in [1.807, 2.05) is 26.0 Å². The van der Waals surface area contributed by atoms with Crippen LogP contribution in [0.15, 0.2) is 53.6 Å². The second-order valence-corrected chi connectivity index (χ2v) is 10.3. The highest BCUT2D eigenvalue weighted by atomic mass is 16.5. The van der Waals surface area contributed by atoms with Crippen LogP contribution >= 0.6 is 0 Å². The summed E-state index contributed by atoms with van der Waals surface area (Å²) in [6, 6.07) is 9.00. The summed E-state index contributed by atoms with van der Waals surface area (Å²) in [6.07, 6.45) is -4.15. The lowest BCUT2D eigenvalue weighted by molar-refractivity contribution is -0.150. The van der Waals surface area contributed by atoms with Crippen LogP contribution in [0.1, 0.15) is 52.5 Å². The average molecular weight is 555 g/mol. The Kier molecular flexibility index (Phi) is 15.7. The zero-order valence-corrected chi connectivity index (χ0v) is 23.3. The van der Waals surface area contributed by atoms with Gasteiger partial charge in [-0.25, -0.2) is 0 Å². The van der Waals surface area contributed by atoms with Crippen LogP contribution in [0.4, 0.5) is 0 Å². The number of rotatable bonds is 18. The summed E-state index contributed by atoms with van der Waals surface area (Å²) in [6.45, 7) is 5.30. The number of aliphatic hydroxyl groups is 7. The van der Waals surface area contributed by atoms with E-state index in [-0.39, 0.29) is 19.4 Å². The van der Waals surface area contributed by atoms with Gasteiger partial charge in [-0.1, -0.05) is 48.1 Å². The Morgan fingerprint density at radius 3 is 2.15 bits per heavy atom. The Morgan fingerprint density at radius 2 is 1.59 bits per heavy atom. The molecular formula is C29H46O10. The van der Waals surface area contributed by atoms with Crippen molar-refractivity contribution in [2.75, 3.05) is 19.8 Å². The first-order valence-corrected chi connectivity index (χ1v) is 13.1. The van der Waals surface area contributed by atoms with E-state index < -0.39 is 61.4 Å². The smallest absolute Gasteiger partial charge is 0.310 e. The van der Waals surface area contributed by atoms with Crippen LogP contribution in [0, 0.1) is 0 Å². The molecule has 10 heteroatoms. The van der Waals surface area contributed by atoms with E-state index in [0.717, 1.165) is 11.1 Å². The standard InChI is InChI=1S/C29H46O10/c1-19(2)9-8-13-29(4,37)25(34)16-24(39-26(35)15-21-10-6-5-7-11-21)20(3)12-14-38-28(23(33)18-31)27(36)22(32)17-30/h5-7,9-12,22-25,27-28,30-34,36-37H,8,13-18H2,1-4H3/b20-12+/t22-,23-,24-,25-,27-,28-,29+/m1/s1. The first kappa shape index (κ1) is 34.9. The van der Waals surface area contributed by atoms with Gasteiger partial charge >= 0.3 is 5.97 Å². The number of hydrogen-bond donors (Lipinski definition) is 7. The van der Waals surface area contributed by atoms with Gasteiger partial charge < -0.3 is 45.2 Å². The number of allylic oxidation sites excluding steroid dienone is 2. The average Bonchev–Trinajstić information content (AvgIpc) is 2.89. The van der Waals surface area contributed by atoms with Gasteiger partial charge in [0.15, 0.2) is 0 Å². The van der Waals surface area contributed by atoms with Crippen molar-refractivity contribution < 1.29 is 50.0 Å². The van der Waals surface area contributed by atoms with Gasteiger partial charge in [0.1, 0.15) is 30.5 Å².